The third-order valence-electron chi connectivity index (χ3n) is 3.67. The van der Waals surface area contributed by atoms with Crippen LogP contribution in [0.5, 0.6) is 5.75 Å². The van der Waals surface area contributed by atoms with Crippen molar-refractivity contribution < 1.29 is 4.74 Å². The average Bonchev–Trinajstić information content (AvgIpc) is 2.89. The van der Waals surface area contributed by atoms with Gasteiger partial charge in [0, 0.05) is 27.5 Å². The van der Waals surface area contributed by atoms with Gasteiger partial charge in [-0.1, -0.05) is 52.3 Å². The summed E-state index contributed by atoms with van der Waals surface area (Å²) in [4.78, 5) is 1.41. The van der Waals surface area contributed by atoms with Crippen LogP contribution in [0.1, 0.15) is 22.6 Å². The molecule has 1 atom stereocenters. The SMILES string of the molecule is Cc1cccc(CBr)c1OCC1CSc2ccccc21. The minimum absolute atomic E-state index is 0.499. The van der Waals surface area contributed by atoms with Gasteiger partial charge < -0.3 is 4.74 Å². The molecule has 2 aromatic carbocycles. The summed E-state index contributed by atoms with van der Waals surface area (Å²) in [5.41, 5.74) is 3.87. The van der Waals surface area contributed by atoms with E-state index in [1.54, 1.807) is 0 Å². The number of rotatable bonds is 4. The van der Waals surface area contributed by atoms with Crippen LogP contribution in [0.3, 0.4) is 0 Å². The molecule has 20 heavy (non-hydrogen) atoms. The molecule has 0 saturated heterocycles. The van der Waals surface area contributed by atoms with Crippen LogP contribution in [-0.4, -0.2) is 12.4 Å². The van der Waals surface area contributed by atoms with Crippen LogP contribution in [0.2, 0.25) is 0 Å². The topological polar surface area (TPSA) is 9.23 Å². The van der Waals surface area contributed by atoms with Gasteiger partial charge in [0.05, 0.1) is 6.61 Å². The number of para-hydroxylation sites is 1. The van der Waals surface area contributed by atoms with E-state index in [0.717, 1.165) is 23.4 Å². The highest BCUT2D eigenvalue weighted by Gasteiger charge is 2.23. The molecule has 0 aliphatic carbocycles. The van der Waals surface area contributed by atoms with E-state index >= 15 is 0 Å². The Labute approximate surface area is 132 Å². The minimum atomic E-state index is 0.499. The summed E-state index contributed by atoms with van der Waals surface area (Å²) in [6, 6.07) is 15.0. The highest BCUT2D eigenvalue weighted by Crippen LogP contribution is 2.39. The largest absolute Gasteiger partial charge is 0.492 e. The predicted octanol–water partition coefficient (Wildman–Crippen LogP) is 5.16. The van der Waals surface area contributed by atoms with Crippen LogP contribution in [0.15, 0.2) is 47.4 Å². The number of fused-ring (bicyclic) bond motifs is 1. The minimum Gasteiger partial charge on any atom is -0.492 e. The second-order valence-electron chi connectivity index (χ2n) is 5.05. The molecule has 0 saturated carbocycles. The van der Waals surface area contributed by atoms with E-state index in [1.165, 1.54) is 21.6 Å². The van der Waals surface area contributed by atoms with Gasteiger partial charge in [0.15, 0.2) is 0 Å². The number of aryl methyl sites for hydroxylation is 1. The number of hydrogen-bond acceptors (Lipinski definition) is 2. The first-order valence-corrected chi connectivity index (χ1v) is 8.89. The van der Waals surface area contributed by atoms with Gasteiger partial charge in [-0.25, -0.2) is 0 Å². The molecule has 0 aromatic heterocycles. The zero-order valence-electron chi connectivity index (χ0n) is 11.4. The van der Waals surface area contributed by atoms with Crippen LogP contribution in [0, 0.1) is 6.92 Å². The van der Waals surface area contributed by atoms with Crippen molar-refractivity contribution in [2.75, 3.05) is 12.4 Å². The van der Waals surface area contributed by atoms with Crippen molar-refractivity contribution in [1.82, 2.24) is 0 Å². The van der Waals surface area contributed by atoms with Crippen LogP contribution in [0.4, 0.5) is 0 Å². The highest BCUT2D eigenvalue weighted by atomic mass is 79.9. The molecule has 0 radical (unpaired) electrons. The molecule has 2 aromatic rings. The fourth-order valence-electron chi connectivity index (χ4n) is 2.58. The van der Waals surface area contributed by atoms with Crippen molar-refractivity contribution >= 4 is 27.7 Å². The quantitative estimate of drug-likeness (QED) is 0.706. The van der Waals surface area contributed by atoms with E-state index < -0.39 is 0 Å². The number of alkyl halides is 1. The van der Waals surface area contributed by atoms with E-state index in [1.807, 2.05) is 11.8 Å². The number of hydrogen-bond donors (Lipinski definition) is 0. The normalized spacial score (nSPS) is 17.0. The highest BCUT2D eigenvalue weighted by molar-refractivity contribution is 9.08. The fourth-order valence-corrected chi connectivity index (χ4v) is 4.25. The summed E-state index contributed by atoms with van der Waals surface area (Å²) in [5, 5.41) is 0.833. The van der Waals surface area contributed by atoms with Gasteiger partial charge in [-0.05, 0) is 24.1 Å². The van der Waals surface area contributed by atoms with Gasteiger partial charge >= 0.3 is 0 Å². The summed E-state index contributed by atoms with van der Waals surface area (Å²) in [7, 11) is 0. The first kappa shape index (κ1) is 14.0. The lowest BCUT2D eigenvalue weighted by atomic mass is 10.0. The van der Waals surface area contributed by atoms with Gasteiger partial charge in [0.25, 0.3) is 0 Å². The molecule has 1 aliphatic rings. The van der Waals surface area contributed by atoms with E-state index in [9.17, 15) is 0 Å². The smallest absolute Gasteiger partial charge is 0.126 e. The molecule has 0 fully saturated rings. The molecule has 3 heteroatoms. The Morgan fingerprint density at radius 3 is 2.90 bits per heavy atom. The maximum absolute atomic E-state index is 6.16. The Morgan fingerprint density at radius 2 is 2.05 bits per heavy atom. The van der Waals surface area contributed by atoms with E-state index in [0.29, 0.717) is 5.92 Å². The standard InChI is InChI=1S/C17H17BrOS/c1-12-5-4-6-13(9-18)17(12)19-10-14-11-20-16-8-3-2-7-15(14)16/h2-8,14H,9-11H2,1H3. The Kier molecular flexibility index (Phi) is 4.37. The van der Waals surface area contributed by atoms with Crippen molar-refractivity contribution in [3.8, 4) is 5.75 Å². The zero-order chi connectivity index (χ0) is 13.9. The Balaban J connectivity index is 1.75. The molecule has 1 heterocycles. The molecule has 3 rings (SSSR count). The number of benzene rings is 2. The third-order valence-corrected chi connectivity index (χ3v) is 5.52. The maximum Gasteiger partial charge on any atom is 0.126 e. The van der Waals surface area contributed by atoms with Crippen LogP contribution in [-0.2, 0) is 5.33 Å². The van der Waals surface area contributed by atoms with Crippen molar-refractivity contribution in [2.24, 2.45) is 0 Å². The molecule has 0 spiro atoms. The number of halogens is 1. The predicted molar refractivity (Wildman–Crippen MR) is 89.2 cm³/mol. The van der Waals surface area contributed by atoms with Crippen LogP contribution < -0.4 is 4.74 Å². The third kappa shape index (κ3) is 2.75. The molecule has 1 nitrogen and oxygen atoms in total. The molecular formula is C17H17BrOS. The first-order chi connectivity index (χ1) is 9.79. The maximum atomic E-state index is 6.16. The lowest BCUT2D eigenvalue weighted by Crippen LogP contribution is -2.11. The van der Waals surface area contributed by atoms with Gasteiger partial charge in [-0.2, -0.15) is 0 Å². The summed E-state index contributed by atoms with van der Waals surface area (Å²) in [5.74, 6) is 2.66. The van der Waals surface area contributed by atoms with E-state index in [-0.39, 0.29) is 0 Å². The molecule has 0 N–H and O–H groups in total. The van der Waals surface area contributed by atoms with Crippen molar-refractivity contribution in [3.63, 3.8) is 0 Å². The second-order valence-corrected chi connectivity index (χ2v) is 6.68. The van der Waals surface area contributed by atoms with E-state index in [4.69, 9.17) is 4.74 Å². The number of thioether (sulfide) groups is 1. The molecule has 104 valence electrons. The molecular weight excluding hydrogens is 332 g/mol. The Hall–Kier alpha value is -0.930. The van der Waals surface area contributed by atoms with Gasteiger partial charge in [0.1, 0.15) is 5.75 Å². The number of ether oxygens (including phenoxy) is 1. The van der Waals surface area contributed by atoms with Crippen molar-refractivity contribution in [1.29, 1.82) is 0 Å². The zero-order valence-corrected chi connectivity index (χ0v) is 13.8. The summed E-state index contributed by atoms with van der Waals surface area (Å²) >= 11 is 5.47. The molecule has 0 bridgehead atoms. The van der Waals surface area contributed by atoms with Crippen molar-refractivity contribution in [3.05, 3.63) is 59.2 Å². The molecule has 0 amide bonds. The Morgan fingerprint density at radius 1 is 1.20 bits per heavy atom. The molecule has 1 aliphatic heterocycles. The average molecular weight is 349 g/mol. The van der Waals surface area contributed by atoms with E-state index in [2.05, 4.69) is 65.3 Å². The molecule has 1 unspecified atom stereocenters. The van der Waals surface area contributed by atoms with Crippen molar-refractivity contribution in [2.45, 2.75) is 23.1 Å². The first-order valence-electron chi connectivity index (χ1n) is 6.78. The van der Waals surface area contributed by atoms with Gasteiger partial charge in [-0.15, -0.1) is 11.8 Å². The Bertz CT molecular complexity index is 612. The monoisotopic (exact) mass is 348 g/mol. The van der Waals surface area contributed by atoms with Gasteiger partial charge in [0.2, 0.25) is 0 Å². The second kappa shape index (κ2) is 6.23. The lowest BCUT2D eigenvalue weighted by molar-refractivity contribution is 0.294. The summed E-state index contributed by atoms with van der Waals surface area (Å²) in [6.45, 7) is 2.87. The summed E-state index contributed by atoms with van der Waals surface area (Å²) in [6.07, 6.45) is 0. The summed E-state index contributed by atoms with van der Waals surface area (Å²) < 4.78 is 6.16. The van der Waals surface area contributed by atoms with Crippen LogP contribution in [0.25, 0.3) is 0 Å². The lowest BCUT2D eigenvalue weighted by Gasteiger charge is -2.16. The van der Waals surface area contributed by atoms with Gasteiger partial charge in [-0.3, -0.25) is 0 Å². The van der Waals surface area contributed by atoms with Crippen LogP contribution >= 0.6 is 27.7 Å². The fraction of sp³-hybridized carbons (Fsp3) is 0.294.